The lowest BCUT2D eigenvalue weighted by Gasteiger charge is -2.10. The summed E-state index contributed by atoms with van der Waals surface area (Å²) in [6.07, 6.45) is 0. The summed E-state index contributed by atoms with van der Waals surface area (Å²) in [4.78, 5) is 17.6. The number of carbonyl (C=O) groups excluding carboxylic acids is 1. The van der Waals surface area contributed by atoms with E-state index in [4.69, 9.17) is 0 Å². The molecule has 0 bridgehead atoms. The zero-order valence-electron chi connectivity index (χ0n) is 9.91. The first-order chi connectivity index (χ1) is 7.41. The summed E-state index contributed by atoms with van der Waals surface area (Å²) >= 11 is 2.22. The Hall–Kier alpha value is -0.910. The van der Waals surface area contributed by atoms with Gasteiger partial charge in [-0.2, -0.15) is 4.99 Å². The lowest BCUT2D eigenvalue weighted by molar-refractivity contribution is 0.100. The fourth-order valence-corrected chi connectivity index (χ4v) is 1.55. The van der Waals surface area contributed by atoms with Crippen LogP contribution in [0.25, 0.3) is 0 Å². The Morgan fingerprint density at radius 1 is 1.38 bits per heavy atom. The molecular weight excluding hydrogens is 315 g/mol. The molecule has 0 atom stereocenters. The molecule has 0 aliphatic heterocycles. The van der Waals surface area contributed by atoms with Crippen LogP contribution in [0.1, 0.15) is 22.8 Å². The Kier molecular flexibility index (Phi) is 4.46. The summed E-state index contributed by atoms with van der Waals surface area (Å²) < 4.78 is 1.08. The molecule has 4 heteroatoms. The zero-order valence-corrected chi connectivity index (χ0v) is 12.1. The highest BCUT2D eigenvalue weighted by Gasteiger charge is 2.07. The van der Waals surface area contributed by atoms with Gasteiger partial charge in [-0.15, -0.1) is 0 Å². The van der Waals surface area contributed by atoms with Gasteiger partial charge in [0.1, 0.15) is 5.84 Å². The minimum atomic E-state index is -0.191. The van der Waals surface area contributed by atoms with Crippen molar-refractivity contribution in [2.75, 3.05) is 14.1 Å². The number of aliphatic imine (C=N–C) groups is 1. The summed E-state index contributed by atoms with van der Waals surface area (Å²) in [5.74, 6) is 0.518. The van der Waals surface area contributed by atoms with E-state index in [2.05, 4.69) is 27.6 Å². The molecule has 0 unspecified atom stereocenters. The van der Waals surface area contributed by atoms with Crippen LogP contribution in [-0.4, -0.2) is 30.7 Å². The molecule has 1 aromatic rings. The van der Waals surface area contributed by atoms with E-state index >= 15 is 0 Å². The van der Waals surface area contributed by atoms with E-state index in [9.17, 15) is 4.79 Å². The fourth-order valence-electron chi connectivity index (χ4n) is 1.04. The quantitative estimate of drug-likeness (QED) is 0.451. The minimum absolute atomic E-state index is 0.191. The van der Waals surface area contributed by atoms with Crippen LogP contribution in [0, 0.1) is 10.5 Å². The van der Waals surface area contributed by atoms with Crippen molar-refractivity contribution in [2.24, 2.45) is 4.99 Å². The van der Waals surface area contributed by atoms with Gasteiger partial charge < -0.3 is 4.90 Å². The number of nitrogens with zero attached hydrogens (tertiary/aromatic N) is 2. The van der Waals surface area contributed by atoms with E-state index in [0.29, 0.717) is 11.4 Å². The molecule has 86 valence electrons. The number of hydrogen-bond donors (Lipinski definition) is 0. The molecule has 0 N–H and O–H groups in total. The van der Waals surface area contributed by atoms with Gasteiger partial charge in [-0.1, -0.05) is 6.07 Å². The van der Waals surface area contributed by atoms with Crippen LogP contribution in [0.4, 0.5) is 0 Å². The van der Waals surface area contributed by atoms with Crippen LogP contribution in [0.2, 0.25) is 0 Å². The van der Waals surface area contributed by atoms with Crippen LogP contribution < -0.4 is 0 Å². The summed E-state index contributed by atoms with van der Waals surface area (Å²) in [6.45, 7) is 3.83. The first kappa shape index (κ1) is 13.2. The fraction of sp³-hybridized carbons (Fsp3) is 0.333. The molecule has 1 amide bonds. The molecule has 0 saturated carbocycles. The Morgan fingerprint density at radius 3 is 2.50 bits per heavy atom. The zero-order chi connectivity index (χ0) is 12.3. The largest absolute Gasteiger partial charge is 0.366 e. The van der Waals surface area contributed by atoms with Gasteiger partial charge in [0.25, 0.3) is 5.91 Å². The minimum Gasteiger partial charge on any atom is -0.366 e. The van der Waals surface area contributed by atoms with E-state index in [1.165, 1.54) is 5.56 Å². The molecule has 3 nitrogen and oxygen atoms in total. The Balaban J connectivity index is 2.98. The van der Waals surface area contributed by atoms with Crippen LogP contribution in [0.15, 0.2) is 23.2 Å². The Morgan fingerprint density at radius 2 is 2.00 bits per heavy atom. The smallest absolute Gasteiger partial charge is 0.278 e. The predicted octanol–water partition coefficient (Wildman–Crippen LogP) is 2.72. The van der Waals surface area contributed by atoms with Crippen LogP contribution >= 0.6 is 22.6 Å². The van der Waals surface area contributed by atoms with E-state index < -0.39 is 0 Å². The van der Waals surface area contributed by atoms with Gasteiger partial charge in [-0.3, -0.25) is 4.79 Å². The van der Waals surface area contributed by atoms with Crippen molar-refractivity contribution >= 4 is 34.3 Å². The summed E-state index contributed by atoms with van der Waals surface area (Å²) in [7, 11) is 3.73. The predicted molar refractivity (Wildman–Crippen MR) is 75.0 cm³/mol. The van der Waals surface area contributed by atoms with Gasteiger partial charge in [-0.25, -0.2) is 0 Å². The molecule has 0 spiro atoms. The second kappa shape index (κ2) is 5.43. The van der Waals surface area contributed by atoms with E-state index in [-0.39, 0.29) is 5.91 Å². The molecule has 0 radical (unpaired) electrons. The lowest BCUT2D eigenvalue weighted by Crippen LogP contribution is -2.19. The van der Waals surface area contributed by atoms with Crippen molar-refractivity contribution in [1.29, 1.82) is 0 Å². The van der Waals surface area contributed by atoms with Crippen molar-refractivity contribution < 1.29 is 4.79 Å². The highest BCUT2D eigenvalue weighted by atomic mass is 127. The first-order valence-corrected chi connectivity index (χ1v) is 6.03. The van der Waals surface area contributed by atoms with Crippen LogP contribution in [0.5, 0.6) is 0 Å². The lowest BCUT2D eigenvalue weighted by atomic mass is 10.1. The molecule has 0 aliphatic rings. The molecule has 0 aromatic heterocycles. The van der Waals surface area contributed by atoms with Gasteiger partial charge >= 0.3 is 0 Å². The summed E-state index contributed by atoms with van der Waals surface area (Å²) in [6, 6.07) is 5.62. The van der Waals surface area contributed by atoms with Gasteiger partial charge in [-0.05, 0) is 54.1 Å². The SMILES string of the molecule is C/C(=N/C(=O)c1ccc(C)c(I)c1)N(C)C. The molecule has 0 aliphatic carbocycles. The van der Waals surface area contributed by atoms with Crippen molar-refractivity contribution in [3.8, 4) is 0 Å². The number of benzene rings is 1. The van der Waals surface area contributed by atoms with Crippen LogP contribution in [0.3, 0.4) is 0 Å². The van der Waals surface area contributed by atoms with E-state index in [1.807, 2.05) is 51.0 Å². The monoisotopic (exact) mass is 330 g/mol. The van der Waals surface area contributed by atoms with Crippen LogP contribution in [-0.2, 0) is 0 Å². The Bertz CT molecular complexity index is 439. The molecule has 1 rings (SSSR count). The van der Waals surface area contributed by atoms with Gasteiger partial charge in [0.2, 0.25) is 0 Å². The number of amides is 1. The molecule has 1 aromatic carbocycles. The maximum Gasteiger partial charge on any atom is 0.278 e. The molecule has 16 heavy (non-hydrogen) atoms. The average molecular weight is 330 g/mol. The third kappa shape index (κ3) is 3.30. The van der Waals surface area contributed by atoms with Gasteiger partial charge in [0, 0.05) is 23.2 Å². The number of carbonyl (C=O) groups is 1. The van der Waals surface area contributed by atoms with Gasteiger partial charge in [0.05, 0.1) is 0 Å². The first-order valence-electron chi connectivity index (χ1n) is 4.95. The van der Waals surface area contributed by atoms with Crippen molar-refractivity contribution in [2.45, 2.75) is 13.8 Å². The number of rotatable bonds is 1. The number of aryl methyl sites for hydroxylation is 1. The third-order valence-electron chi connectivity index (χ3n) is 2.33. The molecule has 0 heterocycles. The second-order valence-electron chi connectivity index (χ2n) is 3.82. The van der Waals surface area contributed by atoms with Crippen molar-refractivity contribution in [1.82, 2.24) is 4.90 Å². The topological polar surface area (TPSA) is 32.7 Å². The molecule has 0 fully saturated rings. The van der Waals surface area contributed by atoms with E-state index in [0.717, 1.165) is 3.57 Å². The maximum atomic E-state index is 11.8. The van der Waals surface area contributed by atoms with E-state index in [1.54, 1.807) is 0 Å². The maximum absolute atomic E-state index is 11.8. The second-order valence-corrected chi connectivity index (χ2v) is 4.98. The number of hydrogen-bond acceptors (Lipinski definition) is 1. The number of amidine groups is 1. The average Bonchev–Trinajstić information content (AvgIpc) is 2.21. The number of halogens is 1. The summed E-state index contributed by atoms with van der Waals surface area (Å²) in [5, 5.41) is 0. The third-order valence-corrected chi connectivity index (χ3v) is 3.49. The van der Waals surface area contributed by atoms with Gasteiger partial charge in [0.15, 0.2) is 0 Å². The molecular formula is C12H15IN2O. The summed E-state index contributed by atoms with van der Waals surface area (Å²) in [5.41, 5.74) is 1.81. The Labute approximate surface area is 110 Å². The standard InChI is InChI=1S/C12H15IN2O/c1-8-5-6-10(7-11(8)13)12(16)14-9(2)15(3)4/h5-7H,1-4H3/b14-9-. The highest BCUT2D eigenvalue weighted by Crippen LogP contribution is 2.14. The normalized spacial score (nSPS) is 11.4. The van der Waals surface area contributed by atoms with Crippen molar-refractivity contribution in [3.05, 3.63) is 32.9 Å². The molecule has 0 saturated heterocycles. The van der Waals surface area contributed by atoms with Crippen molar-refractivity contribution in [3.63, 3.8) is 0 Å². The highest BCUT2D eigenvalue weighted by molar-refractivity contribution is 14.1.